The zero-order valence-electron chi connectivity index (χ0n) is 21.5. The molecule has 1 aromatic rings. The van der Waals surface area contributed by atoms with Gasteiger partial charge in [0.1, 0.15) is 12.0 Å². The number of carbonyl (C=O) groups excluding carboxylic acids is 1. The van der Waals surface area contributed by atoms with Gasteiger partial charge in [0, 0.05) is 18.9 Å². The van der Waals surface area contributed by atoms with Gasteiger partial charge in [-0.25, -0.2) is 0 Å². The molecule has 0 aliphatic heterocycles. The van der Waals surface area contributed by atoms with Crippen molar-refractivity contribution >= 4 is 35.6 Å². The van der Waals surface area contributed by atoms with Gasteiger partial charge in [-0.15, -0.1) is 0 Å². The van der Waals surface area contributed by atoms with E-state index in [2.05, 4.69) is 74.9 Å². The Bertz CT molecular complexity index is 737. The number of amides is 1. The van der Waals surface area contributed by atoms with Gasteiger partial charge in [-0.05, 0) is 42.5 Å². The van der Waals surface area contributed by atoms with E-state index in [9.17, 15) is 4.79 Å². The first-order chi connectivity index (χ1) is 15.5. The third kappa shape index (κ3) is 17.2. The van der Waals surface area contributed by atoms with Gasteiger partial charge in [0.05, 0.1) is 19.8 Å². The molecule has 1 atom stereocenters. The summed E-state index contributed by atoms with van der Waals surface area (Å²) in [6.07, 6.45) is 2.36. The Morgan fingerprint density at radius 2 is 1.79 bits per heavy atom. The first kappa shape index (κ1) is 30.1. The van der Waals surface area contributed by atoms with Crippen LogP contribution in [0.15, 0.2) is 29.2 Å². The van der Waals surface area contributed by atoms with E-state index in [0.29, 0.717) is 25.7 Å². The number of hydrogen-bond acceptors (Lipinski definition) is 5. The van der Waals surface area contributed by atoms with Crippen molar-refractivity contribution in [2.75, 3.05) is 26.4 Å². The Morgan fingerprint density at radius 3 is 2.39 bits per heavy atom. The molecule has 4 nitrogen and oxygen atoms in total. The van der Waals surface area contributed by atoms with Gasteiger partial charge in [-0.1, -0.05) is 92.9 Å². The molecule has 1 unspecified atom stereocenters. The van der Waals surface area contributed by atoms with Crippen LogP contribution in [0.4, 0.5) is 0 Å². The second-order valence-electron chi connectivity index (χ2n) is 10.1. The summed E-state index contributed by atoms with van der Waals surface area (Å²) in [6.45, 7) is 17.0. The van der Waals surface area contributed by atoms with E-state index in [4.69, 9.17) is 9.47 Å². The molecule has 0 aliphatic rings. The molecule has 0 saturated heterocycles. The van der Waals surface area contributed by atoms with Crippen molar-refractivity contribution in [1.29, 1.82) is 0 Å². The summed E-state index contributed by atoms with van der Waals surface area (Å²) in [5.74, 6) is 6.85. The Morgan fingerprint density at radius 1 is 1.09 bits per heavy atom. The van der Waals surface area contributed by atoms with Crippen molar-refractivity contribution in [3.8, 4) is 11.8 Å². The average molecular weight is 510 g/mol. The van der Waals surface area contributed by atoms with E-state index >= 15 is 0 Å². The number of aryl methyl sites for hydroxylation is 1. The largest absolute Gasteiger partial charge is 0.369 e. The monoisotopic (exact) mass is 509 g/mol. The summed E-state index contributed by atoms with van der Waals surface area (Å²) in [4.78, 5) is 13.0. The fraction of sp³-hybridized carbons (Fsp3) is 0.654. The van der Waals surface area contributed by atoms with Crippen molar-refractivity contribution in [3.63, 3.8) is 0 Å². The van der Waals surface area contributed by atoms with E-state index in [-0.39, 0.29) is 18.0 Å². The molecule has 7 heteroatoms. The van der Waals surface area contributed by atoms with Crippen LogP contribution < -0.4 is 5.32 Å². The van der Waals surface area contributed by atoms with E-state index in [0.717, 1.165) is 18.4 Å². The maximum atomic E-state index is 11.8. The predicted molar refractivity (Wildman–Crippen MR) is 147 cm³/mol. The first-order valence-corrected chi connectivity index (χ1v) is 17.8. The summed E-state index contributed by atoms with van der Waals surface area (Å²) in [6, 6.07) is 9.99. The minimum Gasteiger partial charge on any atom is -0.369 e. The number of benzene rings is 1. The van der Waals surface area contributed by atoms with Crippen molar-refractivity contribution < 1.29 is 14.3 Å². The number of carbonyl (C=O) groups is 1. The molecule has 0 saturated carbocycles. The summed E-state index contributed by atoms with van der Waals surface area (Å²) < 4.78 is 11.6. The fourth-order valence-electron chi connectivity index (χ4n) is 2.75. The Hall–Kier alpha value is -0.913. The normalized spacial score (nSPS) is 12.5. The van der Waals surface area contributed by atoms with Crippen LogP contribution in [-0.2, 0) is 20.7 Å². The molecule has 0 radical (unpaired) electrons. The molecule has 0 heterocycles. The number of nitrogens with one attached hydrogen (secondary N) is 1. The van der Waals surface area contributed by atoms with Gasteiger partial charge in [0.15, 0.2) is 0 Å². The van der Waals surface area contributed by atoms with Crippen LogP contribution in [-0.4, -0.2) is 45.8 Å². The highest BCUT2D eigenvalue weighted by atomic mass is 33.1. The number of rotatable bonds is 15. The fourth-order valence-corrected chi connectivity index (χ4v) is 8.02. The lowest BCUT2D eigenvalue weighted by Gasteiger charge is -2.24. The second-order valence-corrected chi connectivity index (χ2v) is 18.1. The zero-order valence-corrected chi connectivity index (χ0v) is 24.2. The van der Waals surface area contributed by atoms with Crippen molar-refractivity contribution in [1.82, 2.24) is 5.32 Å². The van der Waals surface area contributed by atoms with Crippen LogP contribution in [0.1, 0.15) is 39.7 Å². The Labute approximate surface area is 211 Å². The van der Waals surface area contributed by atoms with E-state index in [1.54, 1.807) is 21.6 Å². The maximum absolute atomic E-state index is 11.8. The van der Waals surface area contributed by atoms with Crippen LogP contribution in [0.2, 0.25) is 25.7 Å². The van der Waals surface area contributed by atoms with Crippen LogP contribution in [0.5, 0.6) is 0 Å². The molecule has 1 aromatic carbocycles. The zero-order chi connectivity index (χ0) is 24.7. The highest BCUT2D eigenvalue weighted by molar-refractivity contribution is 8.76. The minimum atomic E-state index is -1.28. The van der Waals surface area contributed by atoms with Gasteiger partial charge in [-0.2, -0.15) is 0 Å². The average Bonchev–Trinajstić information content (AvgIpc) is 2.72. The molecule has 1 amide bonds. The number of ether oxygens (including phenoxy) is 2. The Balaban J connectivity index is 2.37. The van der Waals surface area contributed by atoms with Crippen LogP contribution >= 0.6 is 21.6 Å². The molecule has 1 N–H and O–H groups in total. The van der Waals surface area contributed by atoms with Crippen molar-refractivity contribution in [2.24, 2.45) is 11.8 Å². The first-order valence-electron chi connectivity index (χ1n) is 11.9. The third-order valence-corrected chi connectivity index (χ3v) is 8.97. The van der Waals surface area contributed by atoms with E-state index in [1.165, 1.54) is 16.9 Å². The summed E-state index contributed by atoms with van der Waals surface area (Å²) in [5.41, 5.74) is 1.52. The molecule has 0 bridgehead atoms. The van der Waals surface area contributed by atoms with Crippen LogP contribution in [0.3, 0.4) is 0 Å². The molecule has 0 aromatic heterocycles. The van der Waals surface area contributed by atoms with Crippen LogP contribution in [0.25, 0.3) is 0 Å². The van der Waals surface area contributed by atoms with Gasteiger partial charge < -0.3 is 14.8 Å². The molecule has 33 heavy (non-hydrogen) atoms. The standard InChI is InChI=1S/C26H43NO3S2Si/c1-21(2)9-8-16-27-25(28)19-29-17-18-30-26(20-33(5,6)7)32-31-24-14-12-23(13-15-24)11-10-22(3)4/h12-15,21-22,26H,10-11,16-20H2,1-7H3,(H,27,28). The van der Waals surface area contributed by atoms with Gasteiger partial charge >= 0.3 is 0 Å². The van der Waals surface area contributed by atoms with E-state index < -0.39 is 8.07 Å². The smallest absolute Gasteiger partial charge is 0.246 e. The molecule has 1 rings (SSSR count). The summed E-state index contributed by atoms with van der Waals surface area (Å²) >= 11 is 0. The van der Waals surface area contributed by atoms with Crippen LogP contribution in [0, 0.1) is 23.7 Å². The highest BCUT2D eigenvalue weighted by Gasteiger charge is 2.22. The molecular formula is C26H43NO3S2Si. The van der Waals surface area contributed by atoms with Gasteiger partial charge in [-0.3, -0.25) is 4.79 Å². The topological polar surface area (TPSA) is 47.6 Å². The molecule has 0 aliphatic carbocycles. The second kappa shape index (κ2) is 16.7. The third-order valence-electron chi connectivity index (χ3n) is 4.49. The minimum absolute atomic E-state index is 0.0382. The molecule has 0 spiro atoms. The lowest BCUT2D eigenvalue weighted by Crippen LogP contribution is -2.29. The summed E-state index contributed by atoms with van der Waals surface area (Å²) in [5, 5.41) is 2.74. The van der Waals surface area contributed by atoms with E-state index in [1.807, 2.05) is 13.8 Å². The van der Waals surface area contributed by atoms with Gasteiger partial charge in [0.25, 0.3) is 0 Å². The quantitative estimate of drug-likeness (QED) is 0.0963. The maximum Gasteiger partial charge on any atom is 0.246 e. The lowest BCUT2D eigenvalue weighted by atomic mass is 10.0. The highest BCUT2D eigenvalue weighted by Crippen LogP contribution is 2.38. The SMILES string of the molecule is CC(C)C#CCNC(=O)COCCOC(C[Si](C)(C)C)SSc1ccc(CCC(C)C)cc1. The lowest BCUT2D eigenvalue weighted by molar-refractivity contribution is -0.126. The molecule has 186 valence electrons. The van der Waals surface area contributed by atoms with Crippen molar-refractivity contribution in [3.05, 3.63) is 29.8 Å². The van der Waals surface area contributed by atoms with Gasteiger partial charge in [0.2, 0.25) is 5.91 Å². The van der Waals surface area contributed by atoms with Crippen molar-refractivity contribution in [2.45, 2.75) is 76.6 Å². The summed E-state index contributed by atoms with van der Waals surface area (Å²) in [7, 11) is 2.29. The molecule has 0 fully saturated rings. The predicted octanol–water partition coefficient (Wildman–Crippen LogP) is 6.49. The Kier molecular flexibility index (Phi) is 15.2. The number of hydrogen-bond donors (Lipinski definition) is 1. The molecular weight excluding hydrogens is 467 g/mol.